The Hall–Kier alpha value is -1.55. The molecule has 0 unspecified atom stereocenters. The van der Waals surface area contributed by atoms with Crippen LogP contribution in [0.15, 0.2) is 63.1 Å². The number of hydrogen-bond acceptors (Lipinski definition) is 3. The summed E-state index contributed by atoms with van der Waals surface area (Å²) in [6.07, 6.45) is 10.8. The van der Waals surface area contributed by atoms with Gasteiger partial charge in [-0.25, -0.2) is 4.99 Å². The van der Waals surface area contributed by atoms with Gasteiger partial charge < -0.3 is 5.11 Å². The number of aliphatic imine (C=N–C) groups is 1. The van der Waals surface area contributed by atoms with Gasteiger partial charge in [0.1, 0.15) is 5.04 Å². The van der Waals surface area contributed by atoms with Crippen molar-refractivity contribution in [3.8, 4) is 0 Å². The number of rotatable bonds is 3. The molecule has 1 heterocycles. The lowest BCUT2D eigenvalue weighted by atomic mass is 9.76. The monoisotopic (exact) mass is 399 g/mol. The van der Waals surface area contributed by atoms with Crippen molar-refractivity contribution < 1.29 is 5.11 Å². The van der Waals surface area contributed by atoms with Crippen LogP contribution in [-0.4, -0.2) is 10.2 Å². The van der Waals surface area contributed by atoms with Gasteiger partial charge in [0.2, 0.25) is 0 Å². The van der Waals surface area contributed by atoms with Crippen LogP contribution in [-0.2, 0) is 11.0 Å². The zero-order chi connectivity index (χ0) is 19.8. The summed E-state index contributed by atoms with van der Waals surface area (Å²) < 4.78 is 0. The van der Waals surface area contributed by atoms with E-state index < -0.39 is 5.60 Å². The van der Waals surface area contributed by atoms with Crippen molar-refractivity contribution in [3.63, 3.8) is 0 Å². The summed E-state index contributed by atoms with van der Waals surface area (Å²) in [6, 6.07) is 6.12. The number of nitrogens with zero attached hydrogens (tertiary/aromatic N) is 1. The molecule has 0 saturated carbocycles. The summed E-state index contributed by atoms with van der Waals surface area (Å²) in [5.41, 5.74) is 3.44. The topological polar surface area (TPSA) is 32.6 Å². The quantitative estimate of drug-likeness (QED) is 0.615. The molecule has 1 N–H and O–H groups in total. The molecule has 0 aromatic heterocycles. The van der Waals surface area contributed by atoms with E-state index in [0.717, 1.165) is 33.2 Å². The molecule has 0 fully saturated rings. The van der Waals surface area contributed by atoms with Crippen molar-refractivity contribution in [2.75, 3.05) is 0 Å². The van der Waals surface area contributed by atoms with Crippen LogP contribution in [0.2, 0.25) is 0 Å². The third-order valence-electron chi connectivity index (χ3n) is 4.56. The van der Waals surface area contributed by atoms with Crippen LogP contribution in [0.5, 0.6) is 0 Å². The highest BCUT2D eigenvalue weighted by atomic mass is 35.5. The molecule has 0 spiro atoms. The van der Waals surface area contributed by atoms with Crippen molar-refractivity contribution in [1.29, 1.82) is 0 Å². The predicted octanol–water partition coefficient (Wildman–Crippen LogP) is 6.66. The summed E-state index contributed by atoms with van der Waals surface area (Å²) in [6.45, 7) is 10.2. The molecule has 142 valence electrons. The molecule has 0 atom stereocenters. The molecular weight excluding hydrogens is 374 g/mol. The first-order valence-corrected chi connectivity index (χ1v) is 10.3. The fraction of sp³-hybridized carbons (Fsp3) is 0.348. The van der Waals surface area contributed by atoms with Gasteiger partial charge >= 0.3 is 0 Å². The third kappa shape index (κ3) is 4.66. The van der Waals surface area contributed by atoms with Crippen molar-refractivity contribution in [3.05, 3.63) is 74.8 Å². The number of halogens is 1. The minimum atomic E-state index is -0.889. The Morgan fingerprint density at radius 2 is 1.85 bits per heavy atom. The Labute approximate surface area is 171 Å². The number of fused-ring (bicyclic) bond motifs is 1. The van der Waals surface area contributed by atoms with E-state index in [4.69, 9.17) is 11.6 Å². The highest BCUT2D eigenvalue weighted by Crippen LogP contribution is 2.39. The second-order valence-electron chi connectivity index (χ2n) is 8.46. The lowest BCUT2D eigenvalue weighted by Gasteiger charge is -2.31. The molecule has 2 aliphatic rings. The van der Waals surface area contributed by atoms with Crippen molar-refractivity contribution >= 4 is 34.5 Å². The van der Waals surface area contributed by atoms with E-state index in [0.29, 0.717) is 0 Å². The van der Waals surface area contributed by atoms with Gasteiger partial charge in [-0.1, -0.05) is 68.4 Å². The SMILES string of the molecule is CC(C)(C)c1c(/C=C/C2=NC=C3CC(Cl)=CC=C3S2)cccc1C(C)(C)O. The third-order valence-corrected chi connectivity index (χ3v) is 5.89. The maximum atomic E-state index is 10.6. The second-order valence-corrected chi connectivity index (χ2v) is 10.0. The van der Waals surface area contributed by atoms with Crippen molar-refractivity contribution in [2.24, 2.45) is 4.99 Å². The first-order valence-electron chi connectivity index (χ1n) is 9.11. The summed E-state index contributed by atoms with van der Waals surface area (Å²) in [5, 5.41) is 12.4. The molecule has 1 aliphatic carbocycles. The molecule has 1 aromatic rings. The maximum Gasteiger partial charge on any atom is 0.101 e. The number of hydrogen-bond donors (Lipinski definition) is 1. The van der Waals surface area contributed by atoms with Gasteiger partial charge in [-0.2, -0.15) is 0 Å². The van der Waals surface area contributed by atoms with Crippen LogP contribution in [0, 0.1) is 0 Å². The molecule has 1 aliphatic heterocycles. The first kappa shape index (κ1) is 20.2. The largest absolute Gasteiger partial charge is 0.386 e. The van der Waals surface area contributed by atoms with Crippen LogP contribution < -0.4 is 0 Å². The van der Waals surface area contributed by atoms with Crippen LogP contribution >= 0.6 is 23.4 Å². The first-order chi connectivity index (χ1) is 12.6. The molecule has 3 rings (SSSR count). The van der Waals surface area contributed by atoms with Crippen molar-refractivity contribution in [2.45, 2.75) is 52.1 Å². The zero-order valence-corrected chi connectivity index (χ0v) is 18.1. The van der Waals surface area contributed by atoms with Gasteiger partial charge in [0.05, 0.1) is 5.60 Å². The lowest BCUT2D eigenvalue weighted by molar-refractivity contribution is 0.0765. The Morgan fingerprint density at radius 1 is 1.11 bits per heavy atom. The van der Waals surface area contributed by atoms with E-state index in [-0.39, 0.29) is 5.41 Å². The van der Waals surface area contributed by atoms with Gasteiger partial charge in [0.25, 0.3) is 0 Å². The fourth-order valence-electron chi connectivity index (χ4n) is 3.38. The number of thioether (sulfide) groups is 1. The predicted molar refractivity (Wildman–Crippen MR) is 119 cm³/mol. The smallest absolute Gasteiger partial charge is 0.101 e. The van der Waals surface area contributed by atoms with E-state index in [1.54, 1.807) is 11.8 Å². The van der Waals surface area contributed by atoms with Crippen LogP contribution in [0.3, 0.4) is 0 Å². The highest BCUT2D eigenvalue weighted by molar-refractivity contribution is 8.17. The molecule has 2 nitrogen and oxygen atoms in total. The van der Waals surface area contributed by atoms with Gasteiger partial charge in [-0.3, -0.25) is 0 Å². The van der Waals surface area contributed by atoms with E-state index in [1.165, 1.54) is 10.5 Å². The molecule has 1 aromatic carbocycles. The summed E-state index contributed by atoms with van der Waals surface area (Å²) >= 11 is 7.77. The van der Waals surface area contributed by atoms with E-state index in [2.05, 4.69) is 50.1 Å². The molecule has 27 heavy (non-hydrogen) atoms. The standard InChI is InChI=1S/C23H26ClNOS/c1-22(2,3)21-15(7-6-8-18(21)23(4,5)26)9-12-20-25-14-16-13-17(24)10-11-19(16)27-20/h6-12,14,26H,13H2,1-5H3/b12-9+. The molecule has 0 amide bonds. The number of benzene rings is 1. The highest BCUT2D eigenvalue weighted by Gasteiger charge is 2.28. The van der Waals surface area contributed by atoms with Gasteiger partial charge in [0.15, 0.2) is 0 Å². The lowest BCUT2D eigenvalue weighted by Crippen LogP contribution is -2.25. The van der Waals surface area contributed by atoms with Crippen LogP contribution in [0.4, 0.5) is 0 Å². The van der Waals surface area contributed by atoms with Crippen molar-refractivity contribution in [1.82, 2.24) is 0 Å². The zero-order valence-electron chi connectivity index (χ0n) is 16.5. The van der Waals surface area contributed by atoms with Gasteiger partial charge in [-0.05, 0) is 59.8 Å². The average Bonchev–Trinajstić information content (AvgIpc) is 2.58. The average molecular weight is 400 g/mol. The Balaban J connectivity index is 1.95. The van der Waals surface area contributed by atoms with E-state index >= 15 is 0 Å². The van der Waals surface area contributed by atoms with Crippen LogP contribution in [0.25, 0.3) is 6.08 Å². The maximum absolute atomic E-state index is 10.6. The fourth-order valence-corrected chi connectivity index (χ4v) is 4.45. The minimum absolute atomic E-state index is 0.0850. The summed E-state index contributed by atoms with van der Waals surface area (Å²) in [4.78, 5) is 5.79. The number of allylic oxidation sites excluding steroid dienone is 4. The molecular formula is C23H26ClNOS. The minimum Gasteiger partial charge on any atom is -0.386 e. The molecule has 0 bridgehead atoms. The Morgan fingerprint density at radius 3 is 2.52 bits per heavy atom. The van der Waals surface area contributed by atoms with E-state index in [9.17, 15) is 5.11 Å². The second kappa shape index (κ2) is 7.46. The summed E-state index contributed by atoms with van der Waals surface area (Å²) in [5.74, 6) is 0. The Kier molecular flexibility index (Phi) is 5.58. The normalized spacial score (nSPS) is 17.9. The molecule has 0 saturated heterocycles. The molecule has 4 heteroatoms. The summed E-state index contributed by atoms with van der Waals surface area (Å²) in [7, 11) is 0. The molecule has 0 radical (unpaired) electrons. The van der Waals surface area contributed by atoms with Gasteiger partial charge in [0, 0.05) is 22.6 Å². The van der Waals surface area contributed by atoms with Crippen LogP contribution in [0.1, 0.15) is 57.7 Å². The number of aliphatic hydroxyl groups is 1. The van der Waals surface area contributed by atoms with Gasteiger partial charge in [-0.15, -0.1) is 0 Å². The Bertz CT molecular complexity index is 905. The van der Waals surface area contributed by atoms with E-state index in [1.807, 2.05) is 38.3 Å².